The van der Waals surface area contributed by atoms with Gasteiger partial charge in [-0.15, -0.1) is 0 Å². The number of rotatable bonds is 7. The molecule has 6 heteroatoms. The molecule has 0 aromatic carbocycles. The summed E-state index contributed by atoms with van der Waals surface area (Å²) >= 11 is 0. The van der Waals surface area contributed by atoms with E-state index in [2.05, 4.69) is 0 Å². The molecule has 0 amide bonds. The van der Waals surface area contributed by atoms with Gasteiger partial charge in [-0.3, -0.25) is 9.59 Å². The topological polar surface area (TPSA) is 83.8 Å². The van der Waals surface area contributed by atoms with Gasteiger partial charge in [0.2, 0.25) is 0 Å². The highest BCUT2D eigenvalue weighted by Gasteiger charge is 2.40. The molecule has 0 bridgehead atoms. The second-order valence-electron chi connectivity index (χ2n) is 6.04. The molecule has 0 rings (SSSR count). The molecule has 106 valence electrons. The van der Waals surface area contributed by atoms with Gasteiger partial charge < -0.3 is 19.4 Å². The number of hydrogen-bond acceptors (Lipinski definition) is 4. The van der Waals surface area contributed by atoms with Crippen molar-refractivity contribution in [2.24, 2.45) is 5.92 Å². The Morgan fingerprint density at radius 3 is 2.11 bits per heavy atom. The molecule has 0 saturated carbocycles. The van der Waals surface area contributed by atoms with Crippen LogP contribution in [0.5, 0.6) is 0 Å². The van der Waals surface area contributed by atoms with E-state index in [0.717, 1.165) is 0 Å². The van der Waals surface area contributed by atoms with Crippen LogP contribution in [0.25, 0.3) is 0 Å². The number of ether oxygens (including phenoxy) is 1. The smallest absolute Gasteiger partial charge is 0.310 e. The van der Waals surface area contributed by atoms with Gasteiger partial charge in [0.25, 0.3) is 5.79 Å². The number of aliphatic hydroxyl groups is 1. The van der Waals surface area contributed by atoms with Crippen LogP contribution in [0.15, 0.2) is 0 Å². The predicted molar refractivity (Wildman–Crippen MR) is 65.6 cm³/mol. The average Bonchev–Trinajstić information content (AvgIpc) is 1.92. The molecule has 1 unspecified atom stereocenters. The number of hydrogen-bond donors (Lipinski definition) is 2. The fourth-order valence-electron chi connectivity index (χ4n) is 1.69. The lowest BCUT2D eigenvalue weighted by atomic mass is 10.1. The molecule has 0 spiro atoms. The Bertz CT molecular complexity index is 308. The summed E-state index contributed by atoms with van der Waals surface area (Å²) in [4.78, 5) is 22.3. The average molecular weight is 262 g/mol. The van der Waals surface area contributed by atoms with Gasteiger partial charge in [0, 0.05) is 6.42 Å². The molecule has 0 saturated heterocycles. The van der Waals surface area contributed by atoms with Gasteiger partial charge in [-0.25, -0.2) is 0 Å². The Hall–Kier alpha value is -1.14. The Morgan fingerprint density at radius 2 is 1.78 bits per heavy atom. The summed E-state index contributed by atoms with van der Waals surface area (Å²) in [5.74, 6) is -3.66. The van der Waals surface area contributed by atoms with Gasteiger partial charge in [0.15, 0.2) is 0 Å². The number of carbonyl (C=O) groups is 2. The van der Waals surface area contributed by atoms with Crippen LogP contribution in [0.1, 0.15) is 26.7 Å². The fraction of sp³-hybridized carbons (Fsp3) is 0.833. The quantitative estimate of drug-likeness (QED) is 0.395. The molecule has 0 aliphatic heterocycles. The van der Waals surface area contributed by atoms with E-state index in [-0.39, 0.29) is 18.9 Å². The summed E-state index contributed by atoms with van der Waals surface area (Å²) < 4.78 is 5.25. The van der Waals surface area contributed by atoms with Crippen molar-refractivity contribution in [3.05, 3.63) is 0 Å². The molecule has 6 nitrogen and oxygen atoms in total. The standard InChI is InChI=1S/C12H23NO5/c1-9(2)6-11(16)18-12(17,7-10(14)15)8-13(3,4)5/h9,17H,6-8H2,1-5H3/p+1. The highest BCUT2D eigenvalue weighted by Crippen LogP contribution is 2.18. The zero-order valence-electron chi connectivity index (χ0n) is 11.8. The van der Waals surface area contributed by atoms with Crippen LogP contribution in [-0.2, 0) is 14.3 Å². The Kier molecular flexibility index (Phi) is 5.76. The monoisotopic (exact) mass is 262 g/mol. The van der Waals surface area contributed by atoms with E-state index in [4.69, 9.17) is 9.84 Å². The molecule has 0 fully saturated rings. The highest BCUT2D eigenvalue weighted by molar-refractivity contribution is 5.72. The molecule has 1 atom stereocenters. The fourth-order valence-corrected chi connectivity index (χ4v) is 1.69. The van der Waals surface area contributed by atoms with Crippen molar-refractivity contribution in [2.45, 2.75) is 32.5 Å². The molecule has 0 aliphatic carbocycles. The maximum absolute atomic E-state index is 11.6. The van der Waals surface area contributed by atoms with E-state index in [0.29, 0.717) is 4.48 Å². The SMILES string of the molecule is CC(C)CC(=O)OC(O)(CC(=O)O)C[N+](C)(C)C. The van der Waals surface area contributed by atoms with Crippen LogP contribution in [0.2, 0.25) is 0 Å². The molecule has 2 N–H and O–H groups in total. The van der Waals surface area contributed by atoms with E-state index >= 15 is 0 Å². The van der Waals surface area contributed by atoms with E-state index in [1.54, 1.807) is 21.1 Å². The van der Waals surface area contributed by atoms with E-state index in [9.17, 15) is 14.7 Å². The van der Waals surface area contributed by atoms with Gasteiger partial charge in [-0.1, -0.05) is 13.8 Å². The molecule has 0 heterocycles. The lowest BCUT2D eigenvalue weighted by molar-refractivity contribution is -0.880. The number of carboxylic acid groups (broad SMARTS) is 1. The molecular weight excluding hydrogens is 238 g/mol. The summed E-state index contributed by atoms with van der Waals surface area (Å²) in [6, 6.07) is 0. The summed E-state index contributed by atoms with van der Waals surface area (Å²) in [5.41, 5.74) is 0. The van der Waals surface area contributed by atoms with Gasteiger partial charge >= 0.3 is 11.9 Å². The summed E-state index contributed by atoms with van der Waals surface area (Å²) in [7, 11) is 5.34. The summed E-state index contributed by atoms with van der Waals surface area (Å²) in [5, 5.41) is 18.9. The minimum Gasteiger partial charge on any atom is -0.481 e. The minimum absolute atomic E-state index is 0.0170. The van der Waals surface area contributed by atoms with Crippen molar-refractivity contribution in [1.29, 1.82) is 0 Å². The maximum atomic E-state index is 11.6. The molecular formula is C12H24NO5+. The first-order valence-corrected chi connectivity index (χ1v) is 5.90. The van der Waals surface area contributed by atoms with Gasteiger partial charge in [-0.2, -0.15) is 0 Å². The lowest BCUT2D eigenvalue weighted by Crippen LogP contribution is -2.52. The summed E-state index contributed by atoms with van der Waals surface area (Å²) in [6.45, 7) is 3.71. The van der Waals surface area contributed by atoms with Crippen molar-refractivity contribution in [3.8, 4) is 0 Å². The number of carboxylic acids is 1. The Labute approximate surface area is 108 Å². The predicted octanol–water partition coefficient (Wildman–Crippen LogP) is 0.445. The van der Waals surface area contributed by atoms with E-state index in [1.807, 2.05) is 13.8 Å². The van der Waals surface area contributed by atoms with Crippen molar-refractivity contribution in [2.75, 3.05) is 27.7 Å². The number of carbonyl (C=O) groups excluding carboxylic acids is 1. The van der Waals surface area contributed by atoms with Crippen molar-refractivity contribution >= 4 is 11.9 Å². The van der Waals surface area contributed by atoms with E-state index in [1.165, 1.54) is 0 Å². The van der Waals surface area contributed by atoms with Crippen molar-refractivity contribution in [3.63, 3.8) is 0 Å². The zero-order valence-corrected chi connectivity index (χ0v) is 11.8. The number of quaternary nitrogens is 1. The van der Waals surface area contributed by atoms with Crippen LogP contribution in [0.3, 0.4) is 0 Å². The molecule has 0 aliphatic rings. The Morgan fingerprint density at radius 1 is 1.28 bits per heavy atom. The second-order valence-corrected chi connectivity index (χ2v) is 6.04. The summed E-state index contributed by atoms with van der Waals surface area (Å²) in [6.07, 6.45) is -0.467. The normalized spacial score (nSPS) is 15.3. The van der Waals surface area contributed by atoms with Crippen LogP contribution in [0.4, 0.5) is 0 Å². The molecule has 18 heavy (non-hydrogen) atoms. The van der Waals surface area contributed by atoms with Gasteiger partial charge in [0.1, 0.15) is 13.0 Å². The third-order valence-corrected chi connectivity index (χ3v) is 2.03. The van der Waals surface area contributed by atoms with Gasteiger partial charge in [-0.05, 0) is 5.92 Å². The third kappa shape index (κ3) is 8.03. The first-order chi connectivity index (χ1) is 7.93. The second kappa shape index (κ2) is 6.15. The lowest BCUT2D eigenvalue weighted by Gasteiger charge is -2.34. The number of likely N-dealkylation sites (N-methyl/N-ethyl adjacent to an activating group) is 1. The molecule has 0 aromatic rings. The number of esters is 1. The number of aliphatic carboxylic acids is 1. The van der Waals surface area contributed by atoms with Crippen molar-refractivity contribution in [1.82, 2.24) is 0 Å². The molecule has 0 radical (unpaired) electrons. The van der Waals surface area contributed by atoms with Crippen LogP contribution in [-0.4, -0.2) is 60.1 Å². The first kappa shape index (κ1) is 16.9. The minimum atomic E-state index is -1.96. The van der Waals surface area contributed by atoms with E-state index < -0.39 is 24.1 Å². The number of nitrogens with zero attached hydrogens (tertiary/aromatic N) is 1. The van der Waals surface area contributed by atoms with Crippen LogP contribution in [0, 0.1) is 5.92 Å². The van der Waals surface area contributed by atoms with Crippen LogP contribution < -0.4 is 0 Å². The Balaban J connectivity index is 4.76. The van der Waals surface area contributed by atoms with Crippen LogP contribution >= 0.6 is 0 Å². The third-order valence-electron chi connectivity index (χ3n) is 2.03. The largest absolute Gasteiger partial charge is 0.481 e. The first-order valence-electron chi connectivity index (χ1n) is 5.90. The molecule has 0 aromatic heterocycles. The maximum Gasteiger partial charge on any atom is 0.310 e. The zero-order chi connectivity index (χ0) is 14.6. The highest BCUT2D eigenvalue weighted by atomic mass is 16.7. The van der Waals surface area contributed by atoms with Gasteiger partial charge in [0.05, 0.1) is 21.1 Å². The van der Waals surface area contributed by atoms with Crippen molar-refractivity contribution < 1.29 is 29.0 Å².